The second-order valence-corrected chi connectivity index (χ2v) is 6.33. The first-order valence-corrected chi connectivity index (χ1v) is 7.69. The largest absolute Gasteiger partial charge is 0.326 e. The van der Waals surface area contributed by atoms with E-state index in [1.165, 1.54) is 21.2 Å². The highest BCUT2D eigenvalue weighted by Crippen LogP contribution is 2.32. The number of aromatic nitrogens is 1. The molecule has 0 radical (unpaired) electrons. The number of benzene rings is 2. The normalized spacial score (nSPS) is 11.4. The van der Waals surface area contributed by atoms with Crippen LogP contribution in [-0.2, 0) is 6.54 Å². The molecule has 0 fully saturated rings. The van der Waals surface area contributed by atoms with Crippen LogP contribution >= 0.6 is 11.3 Å². The molecule has 0 aliphatic carbocycles. The zero-order valence-electron chi connectivity index (χ0n) is 11.8. The lowest BCUT2D eigenvalue weighted by atomic mass is 10.1. The molecule has 0 saturated carbocycles. The van der Waals surface area contributed by atoms with Crippen molar-refractivity contribution in [1.82, 2.24) is 4.98 Å². The number of fused-ring (bicyclic) bond motifs is 1. The minimum absolute atomic E-state index is 0.416. The van der Waals surface area contributed by atoms with Gasteiger partial charge in [-0.2, -0.15) is 0 Å². The number of hydrogen-bond acceptors (Lipinski definition) is 3. The van der Waals surface area contributed by atoms with Crippen LogP contribution in [0.25, 0.3) is 21.3 Å². The molecule has 0 amide bonds. The Balaban J connectivity index is 2.10. The van der Waals surface area contributed by atoms with E-state index < -0.39 is 0 Å². The van der Waals surface area contributed by atoms with Gasteiger partial charge in [0, 0.05) is 17.0 Å². The molecule has 0 atom stereocenters. The van der Waals surface area contributed by atoms with Gasteiger partial charge in [-0.1, -0.05) is 50.2 Å². The summed E-state index contributed by atoms with van der Waals surface area (Å²) in [7, 11) is 0. The average molecular weight is 282 g/mol. The van der Waals surface area contributed by atoms with Crippen molar-refractivity contribution in [2.24, 2.45) is 5.73 Å². The molecule has 3 heteroatoms. The fourth-order valence-electron chi connectivity index (χ4n) is 2.41. The van der Waals surface area contributed by atoms with E-state index in [2.05, 4.69) is 56.3 Å². The number of nitrogens with two attached hydrogens (primary N) is 1. The van der Waals surface area contributed by atoms with Crippen molar-refractivity contribution in [3.63, 3.8) is 0 Å². The van der Waals surface area contributed by atoms with Crippen molar-refractivity contribution in [2.45, 2.75) is 26.3 Å². The lowest BCUT2D eigenvalue weighted by Gasteiger charge is -2.02. The summed E-state index contributed by atoms with van der Waals surface area (Å²) in [4.78, 5) is 5.99. The van der Waals surface area contributed by atoms with E-state index in [-0.39, 0.29) is 0 Å². The topological polar surface area (TPSA) is 38.9 Å². The van der Waals surface area contributed by atoms with Gasteiger partial charge in [0.25, 0.3) is 0 Å². The van der Waals surface area contributed by atoms with E-state index in [4.69, 9.17) is 10.7 Å². The van der Waals surface area contributed by atoms with Gasteiger partial charge in [-0.15, -0.1) is 11.3 Å². The van der Waals surface area contributed by atoms with Gasteiger partial charge in [0.1, 0.15) is 5.01 Å². The monoisotopic (exact) mass is 282 g/mol. The maximum absolute atomic E-state index is 5.84. The summed E-state index contributed by atoms with van der Waals surface area (Å²) in [5.74, 6) is 0.416. The average Bonchev–Trinajstić information content (AvgIpc) is 2.91. The van der Waals surface area contributed by atoms with Crippen LogP contribution in [-0.4, -0.2) is 4.98 Å². The van der Waals surface area contributed by atoms with E-state index >= 15 is 0 Å². The first-order valence-electron chi connectivity index (χ1n) is 6.88. The fourth-order valence-corrected chi connectivity index (χ4v) is 3.50. The molecule has 20 heavy (non-hydrogen) atoms. The minimum Gasteiger partial charge on any atom is -0.326 e. The maximum Gasteiger partial charge on any atom is 0.123 e. The molecule has 102 valence electrons. The first-order chi connectivity index (χ1) is 9.69. The van der Waals surface area contributed by atoms with Gasteiger partial charge in [-0.25, -0.2) is 4.98 Å². The summed E-state index contributed by atoms with van der Waals surface area (Å²) < 4.78 is 0. The summed E-state index contributed by atoms with van der Waals surface area (Å²) in [6.45, 7) is 4.90. The minimum atomic E-state index is 0.416. The molecule has 0 spiro atoms. The van der Waals surface area contributed by atoms with Crippen molar-refractivity contribution in [3.8, 4) is 10.6 Å². The Bertz CT molecular complexity index is 744. The Kier molecular flexibility index (Phi) is 3.55. The van der Waals surface area contributed by atoms with Crippen LogP contribution in [0, 0.1) is 0 Å². The van der Waals surface area contributed by atoms with Crippen molar-refractivity contribution in [2.75, 3.05) is 0 Å². The van der Waals surface area contributed by atoms with Gasteiger partial charge >= 0.3 is 0 Å². The number of nitrogens with zero attached hydrogens (tertiary/aromatic N) is 1. The van der Waals surface area contributed by atoms with Crippen LogP contribution in [0.1, 0.15) is 30.3 Å². The Labute approximate surface area is 123 Å². The lowest BCUT2D eigenvalue weighted by Crippen LogP contribution is -1.99. The Morgan fingerprint density at radius 1 is 1.10 bits per heavy atom. The molecule has 1 aromatic heterocycles. The molecule has 0 aliphatic heterocycles. The van der Waals surface area contributed by atoms with Crippen LogP contribution in [0.4, 0.5) is 0 Å². The highest BCUT2D eigenvalue weighted by Gasteiger charge is 2.14. The Hall–Kier alpha value is -1.71. The van der Waals surface area contributed by atoms with Crippen LogP contribution < -0.4 is 5.73 Å². The third-order valence-electron chi connectivity index (χ3n) is 3.46. The summed E-state index contributed by atoms with van der Waals surface area (Å²) in [5.41, 5.74) is 8.16. The fraction of sp³-hybridized carbons (Fsp3) is 0.235. The SMILES string of the molecule is CC(C)c1nc(-c2ccc3ccccc3c2)sc1CN. The molecule has 0 aliphatic rings. The van der Waals surface area contributed by atoms with Gasteiger partial charge in [-0.05, 0) is 22.8 Å². The smallest absolute Gasteiger partial charge is 0.123 e. The van der Waals surface area contributed by atoms with Crippen molar-refractivity contribution < 1.29 is 0 Å². The second kappa shape index (κ2) is 5.35. The van der Waals surface area contributed by atoms with Gasteiger partial charge < -0.3 is 5.73 Å². The molecule has 1 heterocycles. The van der Waals surface area contributed by atoms with E-state index in [9.17, 15) is 0 Å². The van der Waals surface area contributed by atoms with E-state index in [0.29, 0.717) is 12.5 Å². The standard InChI is InChI=1S/C17H18N2S/c1-11(2)16-15(10-18)20-17(19-16)14-8-7-12-5-3-4-6-13(12)9-14/h3-9,11H,10,18H2,1-2H3. The molecule has 3 aromatic rings. The molecule has 2 N–H and O–H groups in total. The molecule has 0 bridgehead atoms. The maximum atomic E-state index is 5.84. The Morgan fingerprint density at radius 2 is 1.85 bits per heavy atom. The summed E-state index contributed by atoms with van der Waals surface area (Å²) in [5, 5.41) is 3.58. The zero-order chi connectivity index (χ0) is 14.1. The predicted molar refractivity (Wildman–Crippen MR) is 87.0 cm³/mol. The number of hydrogen-bond donors (Lipinski definition) is 1. The molecule has 3 rings (SSSR count). The van der Waals surface area contributed by atoms with Gasteiger partial charge in [0.2, 0.25) is 0 Å². The third kappa shape index (κ3) is 2.35. The van der Waals surface area contributed by atoms with E-state index in [1.807, 2.05) is 0 Å². The summed E-state index contributed by atoms with van der Waals surface area (Å²) in [6.07, 6.45) is 0. The Morgan fingerprint density at radius 3 is 2.50 bits per heavy atom. The summed E-state index contributed by atoms with van der Waals surface area (Å²) in [6, 6.07) is 14.9. The van der Waals surface area contributed by atoms with Crippen LogP contribution in [0.2, 0.25) is 0 Å². The molecule has 0 saturated heterocycles. The predicted octanol–water partition coefficient (Wildman–Crippen LogP) is 4.55. The molecular formula is C17H18N2S. The van der Waals surface area contributed by atoms with Crippen molar-refractivity contribution >= 4 is 22.1 Å². The summed E-state index contributed by atoms with van der Waals surface area (Å²) >= 11 is 1.71. The highest BCUT2D eigenvalue weighted by atomic mass is 32.1. The van der Waals surface area contributed by atoms with Crippen LogP contribution in [0.3, 0.4) is 0 Å². The zero-order valence-corrected chi connectivity index (χ0v) is 12.6. The quantitative estimate of drug-likeness (QED) is 0.765. The third-order valence-corrected chi connectivity index (χ3v) is 4.60. The van der Waals surface area contributed by atoms with Gasteiger partial charge in [0.15, 0.2) is 0 Å². The number of thiazole rings is 1. The van der Waals surface area contributed by atoms with Gasteiger partial charge in [-0.3, -0.25) is 0 Å². The highest BCUT2D eigenvalue weighted by molar-refractivity contribution is 7.15. The molecular weight excluding hydrogens is 264 g/mol. The van der Waals surface area contributed by atoms with Crippen LogP contribution in [0.5, 0.6) is 0 Å². The molecule has 2 nitrogen and oxygen atoms in total. The molecule has 0 unspecified atom stereocenters. The van der Waals surface area contributed by atoms with E-state index in [1.54, 1.807) is 11.3 Å². The van der Waals surface area contributed by atoms with E-state index in [0.717, 1.165) is 10.7 Å². The second-order valence-electron chi connectivity index (χ2n) is 5.25. The van der Waals surface area contributed by atoms with Gasteiger partial charge in [0.05, 0.1) is 5.69 Å². The lowest BCUT2D eigenvalue weighted by molar-refractivity contribution is 0.814. The van der Waals surface area contributed by atoms with Crippen LogP contribution in [0.15, 0.2) is 42.5 Å². The first kappa shape index (κ1) is 13.3. The van der Waals surface area contributed by atoms with Crippen molar-refractivity contribution in [3.05, 3.63) is 53.0 Å². The molecule has 2 aromatic carbocycles. The number of rotatable bonds is 3. The van der Waals surface area contributed by atoms with Crippen molar-refractivity contribution in [1.29, 1.82) is 0 Å².